The Balaban J connectivity index is 1.80. The molecule has 0 saturated carbocycles. The minimum atomic E-state index is -3.79. The lowest BCUT2D eigenvalue weighted by atomic mass is 10.0. The average molecular weight is 389 g/mol. The largest absolute Gasteiger partial charge is 0.459 e. The van der Waals surface area contributed by atoms with Crippen molar-refractivity contribution >= 4 is 15.7 Å². The molecule has 0 aliphatic heterocycles. The molecule has 0 aliphatic carbocycles. The van der Waals surface area contributed by atoms with Crippen LogP contribution in [0.25, 0.3) is 0 Å². The van der Waals surface area contributed by atoms with Crippen molar-refractivity contribution in [3.05, 3.63) is 65.9 Å². The second kappa shape index (κ2) is 7.75. The van der Waals surface area contributed by atoms with Gasteiger partial charge in [-0.15, -0.1) is 5.10 Å². The van der Waals surface area contributed by atoms with Gasteiger partial charge in [0.1, 0.15) is 6.04 Å². The third-order valence-corrected chi connectivity index (χ3v) is 5.26. The van der Waals surface area contributed by atoms with Crippen molar-refractivity contribution in [1.82, 2.24) is 15.5 Å². The van der Waals surface area contributed by atoms with E-state index in [2.05, 4.69) is 15.5 Å². The highest BCUT2D eigenvalue weighted by Crippen LogP contribution is 2.24. The maximum absolute atomic E-state index is 12.5. The highest BCUT2D eigenvalue weighted by Gasteiger charge is 2.29. The SMILES string of the molecule is CC(C)[C@H](NC(=O)c1ccco1)c1nnc(S(=O)(=O)Cc2ccccc2)o1. The first-order valence-electron chi connectivity index (χ1n) is 8.31. The number of rotatable bonds is 7. The quantitative estimate of drug-likeness (QED) is 0.660. The van der Waals surface area contributed by atoms with Crippen LogP contribution in [0, 0.1) is 5.92 Å². The molecule has 1 amide bonds. The molecule has 9 heteroatoms. The first-order valence-corrected chi connectivity index (χ1v) is 9.96. The molecule has 142 valence electrons. The molecule has 1 aromatic carbocycles. The zero-order valence-electron chi connectivity index (χ0n) is 14.8. The minimum Gasteiger partial charge on any atom is -0.459 e. The van der Waals surface area contributed by atoms with E-state index in [9.17, 15) is 13.2 Å². The fourth-order valence-electron chi connectivity index (χ4n) is 2.46. The Kier molecular flexibility index (Phi) is 5.41. The van der Waals surface area contributed by atoms with Crippen molar-refractivity contribution in [3.8, 4) is 0 Å². The number of benzene rings is 1. The predicted octanol–water partition coefficient (Wildman–Crippen LogP) is 2.76. The summed E-state index contributed by atoms with van der Waals surface area (Å²) < 4.78 is 35.5. The van der Waals surface area contributed by atoms with Crippen LogP contribution in [0.2, 0.25) is 0 Å². The summed E-state index contributed by atoms with van der Waals surface area (Å²) in [7, 11) is -3.79. The molecule has 3 rings (SSSR count). The van der Waals surface area contributed by atoms with E-state index in [0.717, 1.165) is 0 Å². The number of furan rings is 1. The Labute approximate surface area is 156 Å². The first-order chi connectivity index (χ1) is 12.9. The molecule has 0 unspecified atom stereocenters. The molecule has 8 nitrogen and oxygen atoms in total. The van der Waals surface area contributed by atoms with Gasteiger partial charge in [-0.1, -0.05) is 49.3 Å². The van der Waals surface area contributed by atoms with Crippen molar-refractivity contribution < 1.29 is 22.0 Å². The summed E-state index contributed by atoms with van der Waals surface area (Å²) in [6, 6.07) is 11.2. The summed E-state index contributed by atoms with van der Waals surface area (Å²) in [6.45, 7) is 3.69. The topological polar surface area (TPSA) is 115 Å². The number of amides is 1. The van der Waals surface area contributed by atoms with Gasteiger partial charge in [-0.2, -0.15) is 0 Å². The lowest BCUT2D eigenvalue weighted by Gasteiger charge is -2.17. The van der Waals surface area contributed by atoms with Crippen LogP contribution in [0.5, 0.6) is 0 Å². The molecule has 27 heavy (non-hydrogen) atoms. The summed E-state index contributed by atoms with van der Waals surface area (Å²) in [6.07, 6.45) is 1.39. The Morgan fingerprint density at radius 1 is 1.11 bits per heavy atom. The van der Waals surface area contributed by atoms with Gasteiger partial charge < -0.3 is 14.2 Å². The van der Waals surface area contributed by atoms with Crippen molar-refractivity contribution in [1.29, 1.82) is 0 Å². The fraction of sp³-hybridized carbons (Fsp3) is 0.278. The van der Waals surface area contributed by atoms with Crippen molar-refractivity contribution in [2.75, 3.05) is 0 Å². The predicted molar refractivity (Wildman–Crippen MR) is 95.4 cm³/mol. The smallest absolute Gasteiger partial charge is 0.335 e. The molecule has 2 aromatic heterocycles. The van der Waals surface area contributed by atoms with Gasteiger partial charge in [0, 0.05) is 0 Å². The van der Waals surface area contributed by atoms with Crippen LogP contribution in [-0.2, 0) is 15.6 Å². The molecule has 2 heterocycles. The fourth-order valence-corrected chi connectivity index (χ4v) is 3.59. The second-order valence-corrected chi connectivity index (χ2v) is 8.19. The van der Waals surface area contributed by atoms with E-state index in [1.807, 2.05) is 13.8 Å². The molecule has 0 radical (unpaired) electrons. The molecular weight excluding hydrogens is 370 g/mol. The zero-order chi connectivity index (χ0) is 19.4. The highest BCUT2D eigenvalue weighted by molar-refractivity contribution is 7.90. The number of aromatic nitrogens is 2. The molecular formula is C18H19N3O5S. The Morgan fingerprint density at radius 2 is 1.85 bits per heavy atom. The van der Waals surface area contributed by atoms with Crippen molar-refractivity contribution in [2.45, 2.75) is 30.9 Å². The lowest BCUT2D eigenvalue weighted by molar-refractivity contribution is 0.0887. The molecule has 3 aromatic rings. The van der Waals surface area contributed by atoms with Crippen LogP contribution < -0.4 is 5.32 Å². The highest BCUT2D eigenvalue weighted by atomic mass is 32.2. The van der Waals surface area contributed by atoms with E-state index in [4.69, 9.17) is 8.83 Å². The third kappa shape index (κ3) is 4.43. The number of carbonyl (C=O) groups is 1. The van der Waals surface area contributed by atoms with Crippen LogP contribution in [0.1, 0.15) is 41.9 Å². The van der Waals surface area contributed by atoms with Gasteiger partial charge in [0.05, 0.1) is 12.0 Å². The van der Waals surface area contributed by atoms with Gasteiger partial charge in [-0.05, 0) is 23.6 Å². The van der Waals surface area contributed by atoms with Gasteiger partial charge in [-0.25, -0.2) is 8.42 Å². The van der Waals surface area contributed by atoms with Crippen LogP contribution in [0.4, 0.5) is 0 Å². The van der Waals surface area contributed by atoms with Gasteiger partial charge >= 0.3 is 5.22 Å². The van der Waals surface area contributed by atoms with Crippen LogP contribution in [0.3, 0.4) is 0 Å². The maximum atomic E-state index is 12.5. The number of sulfone groups is 1. The molecule has 0 spiro atoms. The molecule has 0 aliphatic rings. The number of nitrogens with zero attached hydrogens (tertiary/aromatic N) is 2. The summed E-state index contributed by atoms with van der Waals surface area (Å²) in [5, 5.41) is 9.77. The molecule has 1 atom stereocenters. The van der Waals surface area contributed by atoms with Gasteiger partial charge in [0.15, 0.2) is 5.76 Å². The Bertz CT molecular complexity index is 995. The summed E-state index contributed by atoms with van der Waals surface area (Å²) in [4.78, 5) is 12.2. The normalized spacial score (nSPS) is 12.9. The van der Waals surface area contributed by atoms with Crippen molar-refractivity contribution in [3.63, 3.8) is 0 Å². The van der Waals surface area contributed by atoms with Crippen LogP contribution >= 0.6 is 0 Å². The van der Waals surface area contributed by atoms with Gasteiger partial charge in [0.2, 0.25) is 15.7 Å². The minimum absolute atomic E-state index is 0.0246. The monoisotopic (exact) mass is 389 g/mol. The van der Waals surface area contributed by atoms with Crippen molar-refractivity contribution in [2.24, 2.45) is 5.92 Å². The number of carbonyl (C=O) groups excluding carboxylic acids is 1. The number of hydrogen-bond acceptors (Lipinski definition) is 7. The van der Waals surface area contributed by atoms with E-state index >= 15 is 0 Å². The lowest BCUT2D eigenvalue weighted by Crippen LogP contribution is -2.31. The Hall–Kier alpha value is -2.94. The Morgan fingerprint density at radius 3 is 2.48 bits per heavy atom. The van der Waals surface area contributed by atoms with E-state index < -0.39 is 27.0 Å². The van der Waals surface area contributed by atoms with Crippen LogP contribution in [0.15, 0.2) is 62.8 Å². The first kappa shape index (κ1) is 18.8. The van der Waals surface area contributed by atoms with E-state index in [0.29, 0.717) is 5.56 Å². The van der Waals surface area contributed by atoms with E-state index in [1.54, 1.807) is 36.4 Å². The molecule has 0 bridgehead atoms. The molecule has 0 saturated heterocycles. The van der Waals surface area contributed by atoms with Gasteiger partial charge in [-0.3, -0.25) is 4.79 Å². The van der Waals surface area contributed by atoms with E-state index in [-0.39, 0.29) is 23.3 Å². The van der Waals surface area contributed by atoms with Crippen LogP contribution in [-0.4, -0.2) is 24.5 Å². The maximum Gasteiger partial charge on any atom is 0.335 e. The summed E-state index contributed by atoms with van der Waals surface area (Å²) >= 11 is 0. The number of nitrogens with one attached hydrogen (secondary N) is 1. The molecule has 0 fully saturated rings. The molecule has 1 N–H and O–H groups in total. The second-order valence-electron chi connectivity index (χ2n) is 6.32. The third-order valence-electron chi connectivity index (χ3n) is 3.85. The zero-order valence-corrected chi connectivity index (χ0v) is 15.6. The average Bonchev–Trinajstić information content (AvgIpc) is 3.32. The number of hydrogen-bond donors (Lipinski definition) is 1. The standard InChI is InChI=1S/C18H19N3O5S/c1-12(2)15(19-16(22)14-9-6-10-25-14)17-20-21-18(26-17)27(23,24)11-13-7-4-3-5-8-13/h3-10,12,15H,11H2,1-2H3,(H,19,22)/t15-/m0/s1. The van der Waals surface area contributed by atoms with E-state index in [1.165, 1.54) is 12.3 Å². The van der Waals surface area contributed by atoms with Gasteiger partial charge in [0.25, 0.3) is 5.91 Å². The summed E-state index contributed by atoms with van der Waals surface area (Å²) in [5.41, 5.74) is 0.615. The summed E-state index contributed by atoms with van der Waals surface area (Å²) in [5.74, 6) is -0.658.